The number of alkyl halides is 2. The molecule has 0 unspecified atom stereocenters. The maximum Gasteiger partial charge on any atom is 0.266 e. The summed E-state index contributed by atoms with van der Waals surface area (Å²) in [6.45, 7) is 7.48. The first-order valence-electron chi connectivity index (χ1n) is 12.6. The van der Waals surface area contributed by atoms with Crippen molar-refractivity contribution in [2.75, 3.05) is 25.5 Å². The zero-order valence-corrected chi connectivity index (χ0v) is 21.0. The van der Waals surface area contributed by atoms with Gasteiger partial charge in [0.15, 0.2) is 0 Å². The number of hydrogen-bond acceptors (Lipinski definition) is 4. The molecule has 0 radical (unpaired) electrons. The minimum Gasteiger partial charge on any atom is -0.381 e. The average Bonchev–Trinajstić information content (AvgIpc) is 3.72. The predicted molar refractivity (Wildman–Crippen MR) is 132 cm³/mol. The Morgan fingerprint density at radius 2 is 1.78 bits per heavy atom. The van der Waals surface area contributed by atoms with Crippen LogP contribution in [-0.2, 0) is 5.54 Å². The number of benzene rings is 1. The summed E-state index contributed by atoms with van der Waals surface area (Å²) < 4.78 is 42.7. The van der Waals surface area contributed by atoms with Gasteiger partial charge in [-0.05, 0) is 58.4 Å². The lowest BCUT2D eigenvalue weighted by Gasteiger charge is -2.29. The van der Waals surface area contributed by atoms with Gasteiger partial charge in [0.05, 0.1) is 22.9 Å². The SMILES string of the molecule is C[C@@H](NC(=O)c1cn(C(C)(C)C2CC2)c(=O)cc1N[C@@H]1[C@@H]2CN(C)C[C@@H]21)c1cccc(C(F)F)c1F. The van der Waals surface area contributed by atoms with E-state index in [4.69, 9.17) is 0 Å². The molecule has 5 rings (SSSR count). The number of nitrogens with one attached hydrogen (secondary N) is 2. The molecule has 2 aromatic rings. The van der Waals surface area contributed by atoms with Gasteiger partial charge >= 0.3 is 0 Å². The third-order valence-electron chi connectivity index (χ3n) is 8.30. The molecule has 1 aliphatic heterocycles. The third-order valence-corrected chi connectivity index (χ3v) is 8.30. The van der Waals surface area contributed by atoms with Gasteiger partial charge in [-0.2, -0.15) is 0 Å². The molecule has 2 heterocycles. The molecule has 3 aliphatic rings. The van der Waals surface area contributed by atoms with Crippen LogP contribution in [0.1, 0.15) is 67.6 Å². The number of hydrogen-bond donors (Lipinski definition) is 2. The van der Waals surface area contributed by atoms with Crippen LogP contribution in [0.4, 0.5) is 18.9 Å². The quantitative estimate of drug-likeness (QED) is 0.557. The molecule has 0 bridgehead atoms. The van der Waals surface area contributed by atoms with Gasteiger partial charge in [-0.1, -0.05) is 18.2 Å². The van der Waals surface area contributed by atoms with E-state index in [1.807, 2.05) is 13.8 Å². The van der Waals surface area contributed by atoms with Crippen LogP contribution in [-0.4, -0.2) is 41.6 Å². The molecule has 2 saturated carbocycles. The Kier molecular flexibility index (Phi) is 6.17. The number of amides is 1. The summed E-state index contributed by atoms with van der Waals surface area (Å²) in [4.78, 5) is 28.9. The molecule has 0 spiro atoms. The molecule has 4 atom stereocenters. The van der Waals surface area contributed by atoms with Gasteiger partial charge in [0.1, 0.15) is 5.82 Å². The van der Waals surface area contributed by atoms with Crippen molar-refractivity contribution in [1.29, 1.82) is 0 Å². The normalized spacial score (nSPS) is 24.5. The Bertz CT molecular complexity index is 1230. The molecule has 3 fully saturated rings. The Balaban J connectivity index is 1.45. The van der Waals surface area contributed by atoms with Gasteiger partial charge in [0.25, 0.3) is 17.9 Å². The van der Waals surface area contributed by atoms with Gasteiger partial charge in [-0.3, -0.25) is 9.59 Å². The Morgan fingerprint density at radius 1 is 1.14 bits per heavy atom. The number of pyridine rings is 1. The highest BCUT2D eigenvalue weighted by Crippen LogP contribution is 2.47. The molecular weight excluding hydrogens is 469 g/mol. The van der Waals surface area contributed by atoms with E-state index in [0.717, 1.165) is 32.0 Å². The highest BCUT2D eigenvalue weighted by Gasteiger charge is 2.55. The van der Waals surface area contributed by atoms with Crippen LogP contribution in [0.15, 0.2) is 35.3 Å². The highest BCUT2D eigenvalue weighted by molar-refractivity contribution is 5.99. The molecule has 1 saturated heterocycles. The first-order valence-corrected chi connectivity index (χ1v) is 12.6. The number of halogens is 3. The van der Waals surface area contributed by atoms with Gasteiger partial charge < -0.3 is 20.1 Å². The van der Waals surface area contributed by atoms with Crippen molar-refractivity contribution in [3.63, 3.8) is 0 Å². The maximum atomic E-state index is 14.7. The average molecular weight is 503 g/mol. The summed E-state index contributed by atoms with van der Waals surface area (Å²) in [5, 5.41) is 6.19. The minimum absolute atomic E-state index is 0.0120. The molecule has 2 N–H and O–H groups in total. The number of likely N-dealkylation sites (tertiary alicyclic amines) is 1. The minimum atomic E-state index is -2.95. The summed E-state index contributed by atoms with van der Waals surface area (Å²) >= 11 is 0. The number of aromatic nitrogens is 1. The van der Waals surface area contributed by atoms with Crippen LogP contribution in [0.3, 0.4) is 0 Å². The number of fused-ring (bicyclic) bond motifs is 1. The van der Waals surface area contributed by atoms with E-state index in [1.165, 1.54) is 18.2 Å². The van der Waals surface area contributed by atoms with Crippen molar-refractivity contribution in [3.8, 4) is 0 Å². The summed E-state index contributed by atoms with van der Waals surface area (Å²) in [6.07, 6.45) is 0.697. The number of nitrogens with zero attached hydrogens (tertiary/aromatic N) is 2. The fourth-order valence-corrected chi connectivity index (χ4v) is 5.82. The summed E-state index contributed by atoms with van der Waals surface area (Å²) in [5.41, 5.74) is -0.594. The van der Waals surface area contributed by atoms with Crippen molar-refractivity contribution in [2.24, 2.45) is 17.8 Å². The molecule has 6 nitrogen and oxygen atoms in total. The van der Waals surface area contributed by atoms with Crippen LogP contribution in [0.2, 0.25) is 0 Å². The first kappa shape index (κ1) is 24.9. The molecule has 1 aromatic carbocycles. The van der Waals surface area contributed by atoms with E-state index in [2.05, 4.69) is 22.6 Å². The largest absolute Gasteiger partial charge is 0.381 e. The molecule has 9 heteroatoms. The zero-order chi connectivity index (χ0) is 25.9. The fraction of sp³-hybridized carbons (Fsp3) is 0.556. The highest BCUT2D eigenvalue weighted by atomic mass is 19.3. The van der Waals surface area contributed by atoms with Gasteiger partial charge in [0, 0.05) is 42.5 Å². The molecular formula is C27H33F3N4O2. The van der Waals surface area contributed by atoms with E-state index < -0.39 is 35.3 Å². The van der Waals surface area contributed by atoms with E-state index in [9.17, 15) is 22.8 Å². The van der Waals surface area contributed by atoms with E-state index in [0.29, 0.717) is 29.0 Å². The van der Waals surface area contributed by atoms with E-state index in [-0.39, 0.29) is 17.2 Å². The standard InChI is InChI=1S/C27H33F3N4O2/c1-14(16-6-5-7-17(23(16)28)25(29)30)31-26(36)20-13-34(27(2,3)15-8-9-15)22(35)10-21(20)32-24-18-11-33(4)12-19(18)24/h5-7,10,13-15,18-19,24-25,32H,8-9,11-12H2,1-4H3,(H,31,36)/t14-,18-,19+,24-/m1/s1. The molecule has 1 aromatic heterocycles. The van der Waals surface area contributed by atoms with Crippen LogP contribution in [0.25, 0.3) is 0 Å². The predicted octanol–water partition coefficient (Wildman–Crippen LogP) is 4.53. The lowest BCUT2D eigenvalue weighted by molar-refractivity contribution is 0.0938. The summed E-state index contributed by atoms with van der Waals surface area (Å²) in [6, 6.07) is 4.62. The molecule has 2 aliphatic carbocycles. The lowest BCUT2D eigenvalue weighted by Crippen LogP contribution is -2.39. The van der Waals surface area contributed by atoms with E-state index >= 15 is 0 Å². The molecule has 1 amide bonds. The summed E-state index contributed by atoms with van der Waals surface area (Å²) in [5.74, 6) is -0.209. The number of carbonyl (C=O) groups is 1. The maximum absolute atomic E-state index is 14.7. The van der Waals surface area contributed by atoms with Crippen molar-refractivity contribution < 1.29 is 18.0 Å². The first-order chi connectivity index (χ1) is 17.0. The summed E-state index contributed by atoms with van der Waals surface area (Å²) in [7, 11) is 2.08. The van der Waals surface area contributed by atoms with Crippen LogP contribution in [0, 0.1) is 23.6 Å². The van der Waals surface area contributed by atoms with Gasteiger partial charge in [0.2, 0.25) is 0 Å². The molecule has 194 valence electrons. The fourth-order valence-electron chi connectivity index (χ4n) is 5.82. The van der Waals surface area contributed by atoms with Crippen LogP contribution < -0.4 is 16.2 Å². The Labute approximate surface area is 208 Å². The van der Waals surface area contributed by atoms with Crippen molar-refractivity contribution in [3.05, 3.63) is 63.3 Å². The third kappa shape index (κ3) is 4.42. The second-order valence-corrected chi connectivity index (χ2v) is 11.2. The number of anilines is 1. The second-order valence-electron chi connectivity index (χ2n) is 11.2. The van der Waals surface area contributed by atoms with Crippen molar-refractivity contribution in [1.82, 2.24) is 14.8 Å². The van der Waals surface area contributed by atoms with Gasteiger partial charge in [-0.25, -0.2) is 13.2 Å². The smallest absolute Gasteiger partial charge is 0.266 e. The van der Waals surface area contributed by atoms with E-state index in [1.54, 1.807) is 17.7 Å². The monoisotopic (exact) mass is 502 g/mol. The van der Waals surface area contributed by atoms with Crippen LogP contribution >= 0.6 is 0 Å². The Hall–Kier alpha value is -2.81. The number of piperidine rings is 1. The van der Waals surface area contributed by atoms with Crippen LogP contribution in [0.5, 0.6) is 0 Å². The molecule has 36 heavy (non-hydrogen) atoms. The van der Waals surface area contributed by atoms with Crippen molar-refractivity contribution in [2.45, 2.75) is 57.7 Å². The Morgan fingerprint density at radius 3 is 2.39 bits per heavy atom. The van der Waals surface area contributed by atoms with Crippen molar-refractivity contribution >= 4 is 11.6 Å². The second kappa shape index (κ2) is 8.94. The zero-order valence-electron chi connectivity index (χ0n) is 21.0. The van der Waals surface area contributed by atoms with Gasteiger partial charge in [-0.15, -0.1) is 0 Å². The number of carbonyl (C=O) groups excluding carboxylic acids is 1. The lowest BCUT2D eigenvalue weighted by atomic mass is 9.97. The number of rotatable bonds is 8. The topological polar surface area (TPSA) is 66.4 Å².